The number of ether oxygens (including phenoxy) is 2. The van der Waals surface area contributed by atoms with Gasteiger partial charge in [0.25, 0.3) is 10.1 Å². The van der Waals surface area contributed by atoms with Crippen molar-refractivity contribution in [1.29, 1.82) is 0 Å². The van der Waals surface area contributed by atoms with Crippen molar-refractivity contribution in [3.05, 3.63) is 42.5 Å². The van der Waals surface area contributed by atoms with Crippen LogP contribution in [0.25, 0.3) is 0 Å². The molecule has 1 aromatic rings. The van der Waals surface area contributed by atoms with Gasteiger partial charge in [0.1, 0.15) is 12.7 Å². The number of esters is 1. The van der Waals surface area contributed by atoms with Crippen molar-refractivity contribution in [2.75, 3.05) is 19.8 Å². The van der Waals surface area contributed by atoms with Gasteiger partial charge >= 0.3 is 116 Å². The van der Waals surface area contributed by atoms with Crippen LogP contribution in [0.15, 0.2) is 47.4 Å². The van der Waals surface area contributed by atoms with Crippen molar-refractivity contribution in [3.8, 4) is 0 Å². The Bertz CT molecular complexity index is 1290. The maximum absolute atomic E-state index is 11.9. The molecule has 0 saturated carbocycles. The van der Waals surface area contributed by atoms with Crippen molar-refractivity contribution in [1.82, 2.24) is 0 Å². The molecule has 268 valence electrons. The van der Waals surface area contributed by atoms with E-state index in [-0.39, 0.29) is 134 Å². The summed E-state index contributed by atoms with van der Waals surface area (Å²) in [5.74, 6) is -0.337. The Hall–Kier alpha value is 0.946. The van der Waals surface area contributed by atoms with Crippen LogP contribution in [-0.4, -0.2) is 77.5 Å². The van der Waals surface area contributed by atoms with E-state index in [1.165, 1.54) is 51.4 Å². The summed E-state index contributed by atoms with van der Waals surface area (Å²) < 4.78 is 99.8. The van der Waals surface area contributed by atoms with Crippen LogP contribution in [0.1, 0.15) is 78.1 Å². The van der Waals surface area contributed by atoms with Crippen LogP contribution in [0, 0.1) is 0 Å². The maximum atomic E-state index is 11.9. The normalized spacial score (nSPS) is 12.9. The fraction of sp³-hybridized carbons (Fsp3) is 0.615. The molecule has 1 heterocycles. The minimum Gasteiger partial charge on any atom is -0.724 e. The Morgan fingerprint density at radius 2 is 1.24 bits per heavy atom. The first-order valence-corrected chi connectivity index (χ1v) is 18.0. The summed E-state index contributed by atoms with van der Waals surface area (Å²) in [6.45, 7) is 8.66. The molecule has 1 aliphatic heterocycles. The molecule has 0 aromatic heterocycles. The zero-order chi connectivity index (χ0) is 35.7. The van der Waals surface area contributed by atoms with Gasteiger partial charge in [-0.2, -0.15) is 8.42 Å². The molecule has 0 spiro atoms. The van der Waals surface area contributed by atoms with E-state index in [2.05, 4.69) is 22.2 Å². The van der Waals surface area contributed by atoms with Crippen LogP contribution in [0.3, 0.4) is 0 Å². The summed E-state index contributed by atoms with van der Waals surface area (Å²) in [7, 11) is -14.2. The van der Waals surface area contributed by atoms with Crippen molar-refractivity contribution in [2.24, 2.45) is 0 Å². The van der Waals surface area contributed by atoms with E-state index >= 15 is 0 Å². The minimum atomic E-state index is -5.31. The number of carboxylic acid groups (broad SMARTS) is 2. The summed E-state index contributed by atoms with van der Waals surface area (Å²) in [6.07, 6.45) is 10.3. The summed E-state index contributed by atoms with van der Waals surface area (Å²) >= 11 is 0. The average Bonchev–Trinajstić information content (AvgIpc) is 3.78. The van der Waals surface area contributed by atoms with Crippen LogP contribution in [0.5, 0.6) is 0 Å². The number of carbonyl (C=O) groups excluding carboxylic acids is 1. The molecular weight excluding hydrogens is 766 g/mol. The quantitative estimate of drug-likeness (QED) is 0.0130. The Morgan fingerprint density at radius 3 is 1.59 bits per heavy atom. The molecule has 1 N–H and O–H groups in total. The van der Waals surface area contributed by atoms with Gasteiger partial charge in [0, 0.05) is 5.57 Å². The molecule has 1 unspecified atom stereocenters. The molecule has 23 heteroatoms. The summed E-state index contributed by atoms with van der Waals surface area (Å²) in [4.78, 5) is 19.4. The fourth-order valence-corrected chi connectivity index (χ4v) is 4.45. The first kappa shape index (κ1) is 59.2. The number of epoxide rings is 1. The summed E-state index contributed by atoms with van der Waals surface area (Å²) in [5.41, 5.74) is 0.431. The standard InChI is InChI=1S/C18H30O3S.C7H10O3.CH2O3.K.2Na.H2O8S2/c1-2-3-4-5-6-7-8-9-10-14-17-21-22(19,20)18-15-12-11-13-16-18;1-5(2)7(8)10-4-6-3-9-6;2-1(3)4;;;;1-9(2,3)7-8-10(4,5)6/h11-13,15-16H,2-10,14,17H2,1H3;6H,1,3-4H2,2H3;(H2,2,3,4);;;;(H,1,2,3)(H,4,5,6)/q;;;3*+1;/p-3. The molecule has 0 radical (unpaired) electrons. The summed E-state index contributed by atoms with van der Waals surface area (Å²) in [5, 5.41) is 15.3. The molecule has 17 nitrogen and oxygen atoms in total. The van der Waals surface area contributed by atoms with Crippen LogP contribution in [0.4, 0.5) is 4.79 Å². The number of hydrogen-bond donors (Lipinski definition) is 1. The molecule has 0 bridgehead atoms. The van der Waals surface area contributed by atoms with Gasteiger partial charge in [-0.25, -0.2) is 21.6 Å². The minimum absolute atomic E-state index is 0. The van der Waals surface area contributed by atoms with E-state index in [1.54, 1.807) is 37.3 Å². The second-order valence-electron chi connectivity index (χ2n) is 9.32. The van der Waals surface area contributed by atoms with E-state index in [4.69, 9.17) is 28.7 Å². The van der Waals surface area contributed by atoms with E-state index in [9.17, 15) is 39.2 Å². The smallest absolute Gasteiger partial charge is 0.724 e. The second kappa shape index (κ2) is 34.7. The predicted molar refractivity (Wildman–Crippen MR) is 157 cm³/mol. The van der Waals surface area contributed by atoms with Crippen molar-refractivity contribution < 1.29 is 187 Å². The van der Waals surface area contributed by atoms with Gasteiger partial charge in [0.2, 0.25) is 27.0 Å². The van der Waals surface area contributed by atoms with Crippen molar-refractivity contribution in [2.45, 2.75) is 89.1 Å². The van der Waals surface area contributed by atoms with Gasteiger partial charge in [-0.3, -0.25) is 4.18 Å². The van der Waals surface area contributed by atoms with Gasteiger partial charge in [0.15, 0.2) is 0 Å². The van der Waals surface area contributed by atoms with Crippen LogP contribution in [0.2, 0.25) is 0 Å². The molecule has 1 fully saturated rings. The Labute approximate surface area is 376 Å². The zero-order valence-electron chi connectivity index (χ0n) is 28.6. The molecule has 0 aliphatic carbocycles. The molecule has 0 amide bonds. The Morgan fingerprint density at radius 1 is 0.857 bits per heavy atom. The van der Waals surface area contributed by atoms with Gasteiger partial charge < -0.3 is 33.6 Å². The van der Waals surface area contributed by atoms with Gasteiger partial charge in [-0.15, -0.1) is 8.67 Å². The molecular formula is C26H41KNa2O17S3. The van der Waals surface area contributed by atoms with Crippen LogP contribution < -0.4 is 116 Å². The van der Waals surface area contributed by atoms with Crippen LogP contribution in [-0.2, 0) is 58.0 Å². The molecule has 1 aromatic carbocycles. The molecule has 1 saturated heterocycles. The largest absolute Gasteiger partial charge is 1.00 e. The Balaban J connectivity index is -0.000000201. The number of hydrogen-bond acceptors (Lipinski definition) is 16. The van der Waals surface area contributed by atoms with E-state index in [0.717, 1.165) is 12.8 Å². The van der Waals surface area contributed by atoms with Gasteiger partial charge in [-0.05, 0) is 25.5 Å². The predicted octanol–water partition coefficient (Wildman–Crippen LogP) is -6.43. The van der Waals surface area contributed by atoms with E-state index < -0.39 is 37.1 Å². The third-order valence-corrected chi connectivity index (χ3v) is 7.00. The second-order valence-corrected chi connectivity index (χ2v) is 12.8. The third-order valence-electron chi connectivity index (χ3n) is 5.11. The SMILES string of the molecule is C=C(C)C(=O)OCC1CO1.CCCCCCCCCCCCOS(=O)(=O)c1ccccc1.O=C([O-])O.O=S(=O)([O-])OOS(=O)(=O)[O-].[K+].[Na+].[Na+]. The topological polar surface area (TPSA) is 275 Å². The van der Waals surface area contributed by atoms with E-state index in [0.29, 0.717) is 18.8 Å². The molecule has 2 rings (SSSR count). The molecule has 49 heavy (non-hydrogen) atoms. The Kier molecular flexibility index (Phi) is 41.9. The maximum Gasteiger partial charge on any atom is 1.00 e. The van der Waals surface area contributed by atoms with Gasteiger partial charge in [0.05, 0.1) is 18.1 Å². The summed E-state index contributed by atoms with van der Waals surface area (Å²) in [6, 6.07) is 8.33. The third kappa shape index (κ3) is 46.9. The number of rotatable bonds is 19. The van der Waals surface area contributed by atoms with E-state index in [1.807, 2.05) is 0 Å². The fourth-order valence-electron chi connectivity index (χ4n) is 2.94. The monoisotopic (exact) mass is 806 g/mol. The van der Waals surface area contributed by atoms with Crippen LogP contribution >= 0.6 is 0 Å². The first-order chi connectivity index (χ1) is 21.3. The first-order valence-electron chi connectivity index (χ1n) is 13.9. The van der Waals surface area contributed by atoms with Crippen molar-refractivity contribution in [3.63, 3.8) is 0 Å². The zero-order valence-corrected chi connectivity index (χ0v) is 38.1. The number of carbonyl (C=O) groups is 2. The number of benzene rings is 1. The van der Waals surface area contributed by atoms with Crippen molar-refractivity contribution >= 4 is 43.0 Å². The van der Waals surface area contributed by atoms with Gasteiger partial charge in [-0.1, -0.05) is 89.5 Å². The number of unbranched alkanes of at least 4 members (excludes halogenated alkanes) is 9. The average molecular weight is 807 g/mol. The molecule has 1 aliphatic rings. The molecule has 1 atom stereocenters.